The van der Waals surface area contributed by atoms with Gasteiger partial charge in [0.1, 0.15) is 5.82 Å². The third kappa shape index (κ3) is 4.02. The van der Waals surface area contributed by atoms with Gasteiger partial charge in [0, 0.05) is 18.3 Å². The standard InChI is InChI=1S/C14H19FN2S/c1-10-8-16-14(18-9-10)17-11(2)7-12-3-5-13(15)6-4-12/h3-6,10-11H,7-9H2,1-2H3,(H,16,17). The highest BCUT2D eigenvalue weighted by Gasteiger charge is 2.14. The zero-order chi connectivity index (χ0) is 13.0. The molecular formula is C14H19FN2S. The van der Waals surface area contributed by atoms with Crippen LogP contribution in [-0.4, -0.2) is 23.5 Å². The number of thioether (sulfide) groups is 1. The smallest absolute Gasteiger partial charge is 0.156 e. The summed E-state index contributed by atoms with van der Waals surface area (Å²) in [4.78, 5) is 4.51. The summed E-state index contributed by atoms with van der Waals surface area (Å²) in [7, 11) is 0. The number of hydrogen-bond donors (Lipinski definition) is 1. The summed E-state index contributed by atoms with van der Waals surface area (Å²) in [5.41, 5.74) is 1.14. The molecule has 0 spiro atoms. The fourth-order valence-corrected chi connectivity index (χ4v) is 2.88. The minimum absolute atomic E-state index is 0.180. The molecule has 0 aliphatic carbocycles. The van der Waals surface area contributed by atoms with Crippen LogP contribution in [0, 0.1) is 11.7 Å². The molecule has 0 amide bonds. The molecule has 0 fully saturated rings. The Labute approximate surface area is 112 Å². The number of benzene rings is 1. The van der Waals surface area contributed by atoms with Gasteiger partial charge in [-0.3, -0.25) is 4.99 Å². The number of rotatable bonds is 3. The summed E-state index contributed by atoms with van der Waals surface area (Å²) in [6.45, 7) is 5.26. The van der Waals surface area contributed by atoms with Crippen molar-refractivity contribution in [2.75, 3.05) is 12.3 Å². The maximum atomic E-state index is 12.8. The van der Waals surface area contributed by atoms with E-state index in [1.54, 1.807) is 11.8 Å². The van der Waals surface area contributed by atoms with Crippen LogP contribution >= 0.6 is 11.8 Å². The van der Waals surface area contributed by atoms with Crippen LogP contribution in [0.1, 0.15) is 19.4 Å². The second kappa shape index (κ2) is 6.23. The van der Waals surface area contributed by atoms with Crippen molar-refractivity contribution in [1.82, 2.24) is 5.32 Å². The maximum Gasteiger partial charge on any atom is 0.156 e. The fraction of sp³-hybridized carbons (Fsp3) is 0.500. The molecule has 2 rings (SSSR count). The highest BCUT2D eigenvalue weighted by Crippen LogP contribution is 2.16. The molecule has 1 N–H and O–H groups in total. The molecule has 18 heavy (non-hydrogen) atoms. The Hall–Kier alpha value is -1.03. The summed E-state index contributed by atoms with van der Waals surface area (Å²) >= 11 is 1.79. The molecule has 4 heteroatoms. The molecule has 1 aromatic rings. The zero-order valence-electron chi connectivity index (χ0n) is 10.8. The van der Waals surface area contributed by atoms with E-state index in [1.165, 1.54) is 12.1 Å². The van der Waals surface area contributed by atoms with Gasteiger partial charge in [-0.15, -0.1) is 0 Å². The van der Waals surface area contributed by atoms with Crippen molar-refractivity contribution in [3.8, 4) is 0 Å². The van der Waals surface area contributed by atoms with E-state index >= 15 is 0 Å². The Bertz CT molecular complexity index is 416. The van der Waals surface area contributed by atoms with E-state index in [4.69, 9.17) is 0 Å². The first-order valence-electron chi connectivity index (χ1n) is 6.31. The van der Waals surface area contributed by atoms with Gasteiger partial charge in [0.2, 0.25) is 0 Å². The average molecular weight is 266 g/mol. The molecule has 0 saturated carbocycles. The molecule has 2 nitrogen and oxygen atoms in total. The molecule has 2 atom stereocenters. The minimum Gasteiger partial charge on any atom is -0.362 e. The highest BCUT2D eigenvalue weighted by atomic mass is 32.2. The minimum atomic E-state index is -0.180. The molecule has 0 radical (unpaired) electrons. The SMILES string of the molecule is CC1CN=C(NC(C)Cc2ccc(F)cc2)SC1. The number of nitrogens with one attached hydrogen (secondary N) is 1. The normalized spacial score (nSPS) is 21.3. The molecule has 1 aliphatic rings. The van der Waals surface area contributed by atoms with Gasteiger partial charge in [-0.2, -0.15) is 0 Å². The van der Waals surface area contributed by atoms with Gasteiger partial charge in [0.25, 0.3) is 0 Å². The summed E-state index contributed by atoms with van der Waals surface area (Å²) in [5.74, 6) is 1.63. The van der Waals surface area contributed by atoms with Crippen LogP contribution in [0.15, 0.2) is 29.3 Å². The van der Waals surface area contributed by atoms with Crippen LogP contribution in [0.2, 0.25) is 0 Å². The average Bonchev–Trinajstić information content (AvgIpc) is 2.35. The Morgan fingerprint density at radius 3 is 2.78 bits per heavy atom. The van der Waals surface area contributed by atoms with E-state index in [-0.39, 0.29) is 5.82 Å². The van der Waals surface area contributed by atoms with Crippen molar-refractivity contribution in [2.45, 2.75) is 26.3 Å². The largest absolute Gasteiger partial charge is 0.362 e. The van der Waals surface area contributed by atoms with Crippen LogP contribution in [0.4, 0.5) is 4.39 Å². The van der Waals surface area contributed by atoms with E-state index in [0.29, 0.717) is 12.0 Å². The maximum absolute atomic E-state index is 12.8. The van der Waals surface area contributed by atoms with Gasteiger partial charge in [-0.05, 0) is 37.0 Å². The van der Waals surface area contributed by atoms with Gasteiger partial charge >= 0.3 is 0 Å². The molecule has 1 aliphatic heterocycles. The Kier molecular flexibility index (Phi) is 4.64. The van der Waals surface area contributed by atoms with Crippen LogP contribution in [0.3, 0.4) is 0 Å². The molecule has 1 heterocycles. The van der Waals surface area contributed by atoms with Gasteiger partial charge in [0.15, 0.2) is 5.17 Å². The summed E-state index contributed by atoms with van der Waals surface area (Å²) in [6, 6.07) is 7.01. The van der Waals surface area contributed by atoms with E-state index in [9.17, 15) is 4.39 Å². The number of nitrogens with zero attached hydrogens (tertiary/aromatic N) is 1. The van der Waals surface area contributed by atoms with Crippen LogP contribution < -0.4 is 5.32 Å². The first-order chi connectivity index (χ1) is 8.63. The lowest BCUT2D eigenvalue weighted by Crippen LogP contribution is -2.34. The third-order valence-electron chi connectivity index (χ3n) is 2.88. The highest BCUT2D eigenvalue weighted by molar-refractivity contribution is 8.13. The predicted octanol–water partition coefficient (Wildman–Crippen LogP) is 3.09. The van der Waals surface area contributed by atoms with E-state index < -0.39 is 0 Å². The first kappa shape index (κ1) is 13.4. The van der Waals surface area contributed by atoms with Crippen molar-refractivity contribution < 1.29 is 4.39 Å². The topological polar surface area (TPSA) is 24.4 Å². The lowest BCUT2D eigenvalue weighted by Gasteiger charge is -2.21. The van der Waals surface area contributed by atoms with Crippen LogP contribution in [-0.2, 0) is 6.42 Å². The van der Waals surface area contributed by atoms with Crippen molar-refractivity contribution >= 4 is 16.9 Å². The molecular weight excluding hydrogens is 247 g/mol. The Balaban J connectivity index is 1.85. The van der Waals surface area contributed by atoms with Crippen molar-refractivity contribution in [3.05, 3.63) is 35.6 Å². The predicted molar refractivity (Wildman–Crippen MR) is 76.6 cm³/mol. The number of aliphatic imine (C=N–C) groups is 1. The van der Waals surface area contributed by atoms with Crippen molar-refractivity contribution in [1.29, 1.82) is 0 Å². The van der Waals surface area contributed by atoms with Crippen LogP contribution in [0.25, 0.3) is 0 Å². The lowest BCUT2D eigenvalue weighted by atomic mass is 10.1. The Morgan fingerprint density at radius 2 is 2.17 bits per heavy atom. The summed E-state index contributed by atoms with van der Waals surface area (Å²) in [5, 5.41) is 4.47. The third-order valence-corrected chi connectivity index (χ3v) is 4.13. The van der Waals surface area contributed by atoms with E-state index in [2.05, 4.69) is 24.2 Å². The van der Waals surface area contributed by atoms with E-state index in [1.807, 2.05) is 12.1 Å². The number of halogens is 1. The second-order valence-electron chi connectivity index (χ2n) is 4.94. The van der Waals surface area contributed by atoms with E-state index in [0.717, 1.165) is 29.4 Å². The number of amidine groups is 1. The molecule has 0 saturated heterocycles. The molecule has 0 bridgehead atoms. The summed E-state index contributed by atoms with van der Waals surface area (Å²) in [6.07, 6.45) is 0.884. The second-order valence-corrected chi connectivity index (χ2v) is 5.95. The van der Waals surface area contributed by atoms with Crippen molar-refractivity contribution in [2.24, 2.45) is 10.9 Å². The van der Waals surface area contributed by atoms with Gasteiger partial charge in [-0.1, -0.05) is 30.8 Å². The monoisotopic (exact) mass is 266 g/mol. The quantitative estimate of drug-likeness (QED) is 0.909. The lowest BCUT2D eigenvalue weighted by molar-refractivity contribution is 0.622. The Morgan fingerprint density at radius 1 is 1.44 bits per heavy atom. The van der Waals surface area contributed by atoms with Crippen LogP contribution in [0.5, 0.6) is 0 Å². The van der Waals surface area contributed by atoms with Gasteiger partial charge in [-0.25, -0.2) is 4.39 Å². The molecule has 2 unspecified atom stereocenters. The molecule has 1 aromatic carbocycles. The molecule has 0 aromatic heterocycles. The zero-order valence-corrected chi connectivity index (χ0v) is 11.6. The van der Waals surface area contributed by atoms with Crippen molar-refractivity contribution in [3.63, 3.8) is 0 Å². The summed E-state index contributed by atoms with van der Waals surface area (Å²) < 4.78 is 12.8. The first-order valence-corrected chi connectivity index (χ1v) is 7.30. The van der Waals surface area contributed by atoms with Gasteiger partial charge < -0.3 is 5.32 Å². The molecule has 98 valence electrons. The number of hydrogen-bond acceptors (Lipinski definition) is 3. The fourth-order valence-electron chi connectivity index (χ4n) is 1.88. The van der Waals surface area contributed by atoms with Gasteiger partial charge in [0.05, 0.1) is 0 Å².